The predicted octanol–water partition coefficient (Wildman–Crippen LogP) is 4.42. The van der Waals surface area contributed by atoms with E-state index < -0.39 is 34.4 Å². The fourth-order valence-corrected chi connectivity index (χ4v) is 5.61. The maximum atomic E-state index is 13.8. The lowest BCUT2D eigenvalue weighted by Gasteiger charge is -2.31. The Bertz CT molecular complexity index is 1670. The summed E-state index contributed by atoms with van der Waals surface area (Å²) < 4.78 is 57.3. The quantitative estimate of drug-likeness (QED) is 0.172. The summed E-state index contributed by atoms with van der Waals surface area (Å²) in [6.07, 6.45) is 0.259. The molecule has 4 aromatic rings. The molecule has 0 unspecified atom stereocenters. The molecule has 0 aliphatic heterocycles. The number of carbonyl (C=O) groups excluding carboxylic acids is 2. The smallest absolute Gasteiger partial charge is 0.261 e. The number of ether oxygens (including phenoxy) is 3. The molecule has 2 N–H and O–H groups in total. The number of sulfonamides is 1. The summed E-state index contributed by atoms with van der Waals surface area (Å²) in [4.78, 5) is 28.7. The van der Waals surface area contributed by atoms with Crippen LogP contribution in [0.5, 0.6) is 11.5 Å². The van der Waals surface area contributed by atoms with Crippen LogP contribution in [-0.4, -0.2) is 65.2 Å². The van der Waals surface area contributed by atoms with E-state index in [1.807, 2.05) is 42.5 Å². The number of nitrogens with one attached hydrogen (secondary N) is 2. The molecule has 0 bridgehead atoms. The van der Waals surface area contributed by atoms with Crippen LogP contribution < -0.4 is 19.5 Å². The first-order chi connectivity index (χ1) is 22.2. The molecule has 0 radical (unpaired) electrons. The molecule has 0 heterocycles. The lowest BCUT2D eigenvalue weighted by atomic mass is 10.0. The summed E-state index contributed by atoms with van der Waals surface area (Å²) >= 11 is 0. The third-order valence-electron chi connectivity index (χ3n) is 6.98. The van der Waals surface area contributed by atoms with E-state index >= 15 is 0 Å². The molecule has 0 fully saturated rings. The first kappa shape index (κ1) is 33.9. The third-order valence-corrected chi connectivity index (χ3v) is 8.38. The van der Waals surface area contributed by atoms with Crippen molar-refractivity contribution in [2.24, 2.45) is 0 Å². The molecule has 2 amide bonds. The number of hydrogen-bond donors (Lipinski definition) is 2. The highest BCUT2D eigenvalue weighted by Crippen LogP contribution is 2.21. The van der Waals surface area contributed by atoms with Crippen LogP contribution in [-0.2, 0) is 37.3 Å². The highest BCUT2D eigenvalue weighted by molar-refractivity contribution is 7.92. The zero-order valence-corrected chi connectivity index (χ0v) is 26.3. The van der Waals surface area contributed by atoms with Crippen molar-refractivity contribution < 1.29 is 36.6 Å². The van der Waals surface area contributed by atoms with Gasteiger partial charge < -0.3 is 24.4 Å². The number of halogens is 1. The van der Waals surface area contributed by atoms with Crippen molar-refractivity contribution in [1.82, 2.24) is 10.2 Å². The molecule has 0 aromatic heterocycles. The van der Waals surface area contributed by atoms with Crippen LogP contribution in [0.1, 0.15) is 11.1 Å². The highest BCUT2D eigenvalue weighted by atomic mass is 32.2. The molecule has 10 nitrogen and oxygen atoms in total. The minimum absolute atomic E-state index is 0.0488. The zero-order valence-electron chi connectivity index (χ0n) is 25.5. The Labute approximate surface area is 268 Å². The van der Waals surface area contributed by atoms with E-state index in [1.54, 1.807) is 19.2 Å². The molecule has 4 aromatic carbocycles. The normalized spacial score (nSPS) is 11.7. The average molecular weight is 650 g/mol. The van der Waals surface area contributed by atoms with Crippen molar-refractivity contribution in [3.63, 3.8) is 0 Å². The van der Waals surface area contributed by atoms with Gasteiger partial charge in [-0.3, -0.25) is 14.3 Å². The number of methoxy groups -OCH3 is 2. The van der Waals surface area contributed by atoms with E-state index in [4.69, 9.17) is 14.2 Å². The largest absolute Gasteiger partial charge is 0.497 e. The second-order valence-corrected chi connectivity index (χ2v) is 11.9. The van der Waals surface area contributed by atoms with E-state index in [9.17, 15) is 22.4 Å². The van der Waals surface area contributed by atoms with Gasteiger partial charge in [0.25, 0.3) is 15.9 Å². The molecular formula is C34H36FN3O7S. The second kappa shape index (κ2) is 16.4. The van der Waals surface area contributed by atoms with Gasteiger partial charge in [-0.2, -0.15) is 0 Å². The van der Waals surface area contributed by atoms with Gasteiger partial charge in [0.1, 0.15) is 23.4 Å². The predicted molar refractivity (Wildman–Crippen MR) is 172 cm³/mol. The maximum absolute atomic E-state index is 13.8. The topological polar surface area (TPSA) is 123 Å². The van der Waals surface area contributed by atoms with Gasteiger partial charge >= 0.3 is 0 Å². The SMILES string of the molecule is COCCNC(=O)[C@@H](Cc1ccccc1)N(Cc1ccc(OC)cc1)C(=O)COc1ccc(S(=O)(=O)Nc2ccc(F)cc2)cc1. The summed E-state index contributed by atoms with van der Waals surface area (Å²) in [6.45, 7) is 0.289. The first-order valence-corrected chi connectivity index (χ1v) is 15.9. The van der Waals surface area contributed by atoms with Gasteiger partial charge in [0.15, 0.2) is 6.61 Å². The monoisotopic (exact) mass is 649 g/mol. The van der Waals surface area contributed by atoms with Crippen LogP contribution in [0.25, 0.3) is 0 Å². The number of rotatable bonds is 16. The van der Waals surface area contributed by atoms with E-state index in [0.717, 1.165) is 23.3 Å². The van der Waals surface area contributed by atoms with Crippen LogP contribution in [0, 0.1) is 5.82 Å². The van der Waals surface area contributed by atoms with Crippen molar-refractivity contribution in [2.45, 2.75) is 23.9 Å². The van der Waals surface area contributed by atoms with Gasteiger partial charge in [-0.05, 0) is 71.8 Å². The summed E-state index contributed by atoms with van der Waals surface area (Å²) in [7, 11) is -0.855. The van der Waals surface area contributed by atoms with Gasteiger partial charge in [-0.1, -0.05) is 42.5 Å². The third kappa shape index (κ3) is 9.78. The minimum Gasteiger partial charge on any atom is -0.497 e. The fourth-order valence-electron chi connectivity index (χ4n) is 4.55. The molecular weight excluding hydrogens is 613 g/mol. The average Bonchev–Trinajstić information content (AvgIpc) is 3.07. The van der Waals surface area contributed by atoms with E-state index in [-0.39, 0.29) is 41.7 Å². The van der Waals surface area contributed by atoms with E-state index in [2.05, 4.69) is 10.0 Å². The lowest BCUT2D eigenvalue weighted by Crippen LogP contribution is -2.52. The molecule has 242 valence electrons. The number of carbonyl (C=O) groups is 2. The Morgan fingerprint density at radius 1 is 0.826 bits per heavy atom. The Morgan fingerprint density at radius 2 is 1.48 bits per heavy atom. The first-order valence-electron chi connectivity index (χ1n) is 14.4. The summed E-state index contributed by atoms with van der Waals surface area (Å²) in [6, 6.07) is 26.2. The Hall–Kier alpha value is -4.94. The summed E-state index contributed by atoms with van der Waals surface area (Å²) in [5, 5.41) is 2.86. The molecule has 4 rings (SSSR count). The van der Waals surface area contributed by atoms with Gasteiger partial charge in [0, 0.05) is 32.3 Å². The van der Waals surface area contributed by atoms with Crippen LogP contribution in [0.2, 0.25) is 0 Å². The summed E-state index contributed by atoms with van der Waals surface area (Å²) in [5.74, 6) is -0.372. The molecule has 1 atom stereocenters. The van der Waals surface area contributed by atoms with Crippen molar-refractivity contribution in [1.29, 1.82) is 0 Å². The van der Waals surface area contributed by atoms with E-state index in [1.165, 1.54) is 48.4 Å². The summed E-state index contributed by atoms with van der Waals surface area (Å²) in [5.41, 5.74) is 1.86. The number of nitrogens with zero attached hydrogens (tertiary/aromatic N) is 1. The van der Waals surface area contributed by atoms with Crippen LogP contribution in [0.3, 0.4) is 0 Å². The van der Waals surface area contributed by atoms with Crippen molar-refractivity contribution in [3.8, 4) is 11.5 Å². The Morgan fingerprint density at radius 3 is 2.11 bits per heavy atom. The highest BCUT2D eigenvalue weighted by Gasteiger charge is 2.30. The van der Waals surface area contributed by atoms with Crippen LogP contribution >= 0.6 is 0 Å². The minimum atomic E-state index is -3.95. The van der Waals surface area contributed by atoms with Crippen LogP contribution in [0.4, 0.5) is 10.1 Å². The molecule has 0 aliphatic carbocycles. The fraction of sp³-hybridized carbons (Fsp3) is 0.235. The van der Waals surface area contributed by atoms with Gasteiger partial charge in [0.05, 0.1) is 18.6 Å². The molecule has 0 spiro atoms. The van der Waals surface area contributed by atoms with Crippen LogP contribution in [0.15, 0.2) is 108 Å². The van der Waals surface area contributed by atoms with Crippen molar-refractivity contribution in [2.75, 3.05) is 38.7 Å². The standard InChI is InChI=1S/C34H36FN3O7S/c1-43-21-20-36-34(40)32(22-25-6-4-3-5-7-25)38(23-26-8-14-29(44-2)15-9-26)33(39)24-45-30-16-18-31(19-17-30)46(41,42)37-28-12-10-27(35)11-13-28/h3-19,32,37H,20-24H2,1-2H3,(H,36,40)/t32-/m1/s1. The Balaban J connectivity index is 1.53. The number of amides is 2. The molecule has 12 heteroatoms. The second-order valence-electron chi connectivity index (χ2n) is 10.2. The van der Waals surface area contributed by atoms with Crippen molar-refractivity contribution in [3.05, 3.63) is 120 Å². The molecule has 0 saturated carbocycles. The van der Waals surface area contributed by atoms with Gasteiger partial charge in [-0.25, -0.2) is 12.8 Å². The molecule has 46 heavy (non-hydrogen) atoms. The number of hydrogen-bond acceptors (Lipinski definition) is 7. The zero-order chi connectivity index (χ0) is 32.9. The molecule has 0 saturated heterocycles. The number of benzene rings is 4. The van der Waals surface area contributed by atoms with E-state index in [0.29, 0.717) is 12.4 Å². The maximum Gasteiger partial charge on any atom is 0.261 e. The van der Waals surface area contributed by atoms with Gasteiger partial charge in [-0.15, -0.1) is 0 Å². The number of anilines is 1. The Kier molecular flexibility index (Phi) is 12.1. The molecule has 0 aliphatic rings. The van der Waals surface area contributed by atoms with Gasteiger partial charge in [0.2, 0.25) is 5.91 Å². The van der Waals surface area contributed by atoms with Crippen molar-refractivity contribution >= 4 is 27.5 Å². The lowest BCUT2D eigenvalue weighted by molar-refractivity contribution is -0.142.